The van der Waals surface area contributed by atoms with E-state index in [2.05, 4.69) is 5.32 Å². The van der Waals surface area contributed by atoms with E-state index >= 15 is 0 Å². The molecule has 0 bridgehead atoms. The molecule has 1 rings (SSSR count). The molecule has 0 aromatic rings. The highest BCUT2D eigenvalue weighted by atomic mass is 16.4. The molecule has 5 nitrogen and oxygen atoms in total. The van der Waals surface area contributed by atoms with Crippen molar-refractivity contribution in [2.45, 2.75) is 51.1 Å². The first-order chi connectivity index (χ1) is 7.37. The Morgan fingerprint density at radius 1 is 1.31 bits per heavy atom. The maximum atomic E-state index is 11.9. The van der Waals surface area contributed by atoms with Gasteiger partial charge in [0, 0.05) is 0 Å². The topological polar surface area (TPSA) is 92.4 Å². The van der Waals surface area contributed by atoms with Gasteiger partial charge in [0.2, 0.25) is 5.91 Å². The molecule has 0 aromatic carbocycles. The van der Waals surface area contributed by atoms with Gasteiger partial charge >= 0.3 is 5.97 Å². The van der Waals surface area contributed by atoms with Crippen molar-refractivity contribution in [1.29, 1.82) is 0 Å². The van der Waals surface area contributed by atoms with E-state index in [1.807, 2.05) is 0 Å². The van der Waals surface area contributed by atoms with Gasteiger partial charge in [-0.25, -0.2) is 4.79 Å². The second-order valence-electron chi connectivity index (χ2n) is 4.90. The van der Waals surface area contributed by atoms with E-state index in [1.54, 1.807) is 13.8 Å². The molecule has 0 radical (unpaired) electrons. The quantitative estimate of drug-likeness (QED) is 0.652. The third-order valence-corrected chi connectivity index (χ3v) is 3.17. The molecule has 1 atom stereocenters. The molecule has 5 heteroatoms. The number of hydrogen-bond donors (Lipinski definition) is 3. The van der Waals surface area contributed by atoms with Crippen molar-refractivity contribution >= 4 is 11.9 Å². The second-order valence-corrected chi connectivity index (χ2v) is 4.90. The largest absolute Gasteiger partial charge is 0.480 e. The molecule has 92 valence electrons. The molecule has 0 heterocycles. The lowest BCUT2D eigenvalue weighted by Crippen LogP contribution is -2.57. The molecule has 0 aliphatic heterocycles. The highest BCUT2D eigenvalue weighted by molar-refractivity contribution is 5.90. The molecule has 1 fully saturated rings. The van der Waals surface area contributed by atoms with Crippen molar-refractivity contribution in [2.24, 2.45) is 11.7 Å². The van der Waals surface area contributed by atoms with E-state index in [4.69, 9.17) is 10.8 Å². The Labute approximate surface area is 95.4 Å². The van der Waals surface area contributed by atoms with Gasteiger partial charge in [-0.1, -0.05) is 26.7 Å². The summed E-state index contributed by atoms with van der Waals surface area (Å²) in [6.45, 7) is 3.52. The Hall–Kier alpha value is -1.10. The first-order valence-electron chi connectivity index (χ1n) is 5.69. The Morgan fingerprint density at radius 3 is 2.19 bits per heavy atom. The zero-order valence-electron chi connectivity index (χ0n) is 9.82. The van der Waals surface area contributed by atoms with Crippen LogP contribution in [0.2, 0.25) is 0 Å². The van der Waals surface area contributed by atoms with Crippen molar-refractivity contribution in [2.75, 3.05) is 0 Å². The van der Waals surface area contributed by atoms with Gasteiger partial charge in [-0.3, -0.25) is 4.79 Å². The number of carbonyl (C=O) groups is 2. The molecule has 4 N–H and O–H groups in total. The monoisotopic (exact) mass is 228 g/mol. The lowest BCUT2D eigenvalue weighted by Gasteiger charge is -2.26. The zero-order chi connectivity index (χ0) is 12.3. The minimum absolute atomic E-state index is 0.147. The van der Waals surface area contributed by atoms with Crippen LogP contribution in [0.3, 0.4) is 0 Å². The van der Waals surface area contributed by atoms with Crippen LogP contribution in [0.1, 0.15) is 39.5 Å². The third kappa shape index (κ3) is 2.72. The number of nitrogens with one attached hydrogen (secondary N) is 1. The van der Waals surface area contributed by atoms with Crippen molar-refractivity contribution in [3.8, 4) is 0 Å². The molecule has 1 saturated carbocycles. The molecule has 1 aliphatic carbocycles. The molecule has 0 aromatic heterocycles. The Kier molecular flexibility index (Phi) is 3.91. The first kappa shape index (κ1) is 13.0. The maximum absolute atomic E-state index is 11.9. The number of carbonyl (C=O) groups excluding carboxylic acids is 1. The number of hydrogen-bond acceptors (Lipinski definition) is 3. The summed E-state index contributed by atoms with van der Waals surface area (Å²) in [5.41, 5.74) is 5.09. The van der Waals surface area contributed by atoms with Gasteiger partial charge in [-0.2, -0.15) is 0 Å². The van der Waals surface area contributed by atoms with Crippen LogP contribution >= 0.6 is 0 Å². The van der Waals surface area contributed by atoms with E-state index in [-0.39, 0.29) is 11.8 Å². The summed E-state index contributed by atoms with van der Waals surface area (Å²) < 4.78 is 0. The molecule has 1 unspecified atom stereocenters. The molecule has 1 aliphatic rings. The van der Waals surface area contributed by atoms with Gasteiger partial charge in [-0.15, -0.1) is 0 Å². The summed E-state index contributed by atoms with van der Waals surface area (Å²) in [4.78, 5) is 22.8. The van der Waals surface area contributed by atoms with Gasteiger partial charge in [0.1, 0.15) is 6.04 Å². The Bertz CT molecular complexity index is 283. The van der Waals surface area contributed by atoms with Crippen molar-refractivity contribution in [1.82, 2.24) is 5.32 Å². The van der Waals surface area contributed by atoms with Gasteiger partial charge in [-0.05, 0) is 18.8 Å². The lowest BCUT2D eigenvalue weighted by atomic mass is 9.96. The predicted molar refractivity (Wildman–Crippen MR) is 59.8 cm³/mol. The molecule has 1 amide bonds. The van der Waals surface area contributed by atoms with E-state index in [0.717, 1.165) is 12.8 Å². The normalized spacial score (nSPS) is 20.8. The van der Waals surface area contributed by atoms with Gasteiger partial charge in [0.25, 0.3) is 0 Å². The van der Waals surface area contributed by atoms with Gasteiger partial charge in [0.15, 0.2) is 0 Å². The highest BCUT2D eigenvalue weighted by Gasteiger charge is 2.39. The van der Waals surface area contributed by atoms with E-state index < -0.39 is 17.6 Å². The summed E-state index contributed by atoms with van der Waals surface area (Å²) in [6.07, 6.45) is 3.15. The summed E-state index contributed by atoms with van der Waals surface area (Å²) in [6, 6.07) is -0.853. The second kappa shape index (κ2) is 4.82. The first-order valence-corrected chi connectivity index (χ1v) is 5.69. The van der Waals surface area contributed by atoms with E-state index in [0.29, 0.717) is 12.8 Å². The summed E-state index contributed by atoms with van der Waals surface area (Å²) >= 11 is 0. The van der Waals surface area contributed by atoms with Crippen molar-refractivity contribution < 1.29 is 14.7 Å². The average Bonchev–Trinajstić information content (AvgIpc) is 2.61. The van der Waals surface area contributed by atoms with Crippen molar-refractivity contribution in [3.05, 3.63) is 0 Å². The van der Waals surface area contributed by atoms with Gasteiger partial charge in [0.05, 0.1) is 5.54 Å². The summed E-state index contributed by atoms with van der Waals surface area (Å²) in [5.74, 6) is -1.48. The van der Waals surface area contributed by atoms with Crippen LogP contribution in [0.4, 0.5) is 0 Å². The Balaban J connectivity index is 2.65. The fraction of sp³-hybridized carbons (Fsp3) is 0.818. The Morgan fingerprint density at radius 2 is 1.81 bits per heavy atom. The summed E-state index contributed by atoms with van der Waals surface area (Å²) in [7, 11) is 0. The summed E-state index contributed by atoms with van der Waals surface area (Å²) in [5, 5.41) is 11.5. The smallest absolute Gasteiger partial charge is 0.326 e. The SMILES string of the molecule is CC(C)C(NC(=O)C1(N)CCCC1)C(=O)O. The van der Waals surface area contributed by atoms with Crippen LogP contribution in [0.5, 0.6) is 0 Å². The van der Waals surface area contributed by atoms with Crippen LogP contribution in [-0.2, 0) is 9.59 Å². The maximum Gasteiger partial charge on any atom is 0.326 e. The fourth-order valence-corrected chi connectivity index (χ4v) is 2.03. The molecule has 16 heavy (non-hydrogen) atoms. The molecular weight excluding hydrogens is 208 g/mol. The minimum Gasteiger partial charge on any atom is -0.480 e. The standard InChI is InChI=1S/C11H20N2O3/c1-7(2)8(9(14)15)13-10(16)11(12)5-3-4-6-11/h7-8H,3-6,12H2,1-2H3,(H,13,16)(H,14,15). The highest BCUT2D eigenvalue weighted by Crippen LogP contribution is 2.27. The van der Waals surface area contributed by atoms with Crippen molar-refractivity contribution in [3.63, 3.8) is 0 Å². The average molecular weight is 228 g/mol. The van der Waals surface area contributed by atoms with Crippen LogP contribution in [0, 0.1) is 5.92 Å². The zero-order valence-corrected chi connectivity index (χ0v) is 9.82. The minimum atomic E-state index is -1.01. The third-order valence-electron chi connectivity index (χ3n) is 3.17. The van der Waals surface area contributed by atoms with Crippen LogP contribution < -0.4 is 11.1 Å². The number of carboxylic acid groups (broad SMARTS) is 1. The molecule has 0 saturated heterocycles. The molecular formula is C11H20N2O3. The number of aliphatic carboxylic acids is 1. The van der Waals surface area contributed by atoms with E-state index in [9.17, 15) is 9.59 Å². The van der Waals surface area contributed by atoms with Crippen LogP contribution in [0.25, 0.3) is 0 Å². The number of amides is 1. The number of carboxylic acids is 1. The fourth-order valence-electron chi connectivity index (χ4n) is 2.03. The number of rotatable bonds is 4. The number of nitrogens with two attached hydrogens (primary N) is 1. The van der Waals surface area contributed by atoms with Crippen LogP contribution in [-0.4, -0.2) is 28.6 Å². The van der Waals surface area contributed by atoms with Gasteiger partial charge < -0.3 is 16.2 Å². The lowest BCUT2D eigenvalue weighted by molar-refractivity contribution is -0.144. The van der Waals surface area contributed by atoms with E-state index in [1.165, 1.54) is 0 Å². The predicted octanol–water partition coefficient (Wildman–Crippen LogP) is 0.483. The van der Waals surface area contributed by atoms with Crippen LogP contribution in [0.15, 0.2) is 0 Å². The molecule has 0 spiro atoms.